The number of rotatable bonds is 6. The smallest absolute Gasteiger partial charge is 0.254 e. The minimum atomic E-state index is -0.518. The van der Waals surface area contributed by atoms with Gasteiger partial charge in [-0.15, -0.1) is 0 Å². The molecule has 2 N–H and O–H groups in total. The van der Waals surface area contributed by atoms with E-state index < -0.39 is 5.91 Å². The van der Waals surface area contributed by atoms with Gasteiger partial charge in [-0.05, 0) is 29.7 Å². The topological polar surface area (TPSA) is 63.4 Å². The lowest BCUT2D eigenvalue weighted by Gasteiger charge is -2.21. The molecule has 0 saturated heterocycles. The molecular formula is C24H26N2O2. The second-order valence-corrected chi connectivity index (χ2v) is 6.32. The average Bonchev–Trinajstić information content (AvgIpc) is 2.75. The Balaban J connectivity index is 0.000000397. The molecule has 4 heteroatoms. The first-order valence-electron chi connectivity index (χ1n) is 9.30. The predicted octanol–water partition coefficient (Wildman–Crippen LogP) is 4.06. The number of aryl methyl sites for hydroxylation is 1. The molecule has 0 saturated carbocycles. The minimum absolute atomic E-state index is 0.0932. The van der Waals surface area contributed by atoms with Gasteiger partial charge in [-0.1, -0.05) is 85.8 Å². The summed E-state index contributed by atoms with van der Waals surface area (Å²) < 4.78 is 0. The largest absolute Gasteiger partial charge is 0.368 e. The van der Waals surface area contributed by atoms with E-state index in [2.05, 4.69) is 6.92 Å². The van der Waals surface area contributed by atoms with E-state index in [1.165, 1.54) is 10.5 Å². The highest BCUT2D eigenvalue weighted by Gasteiger charge is 2.18. The number of nitrogens with two attached hydrogens (primary N) is 1. The Morgan fingerprint density at radius 2 is 1.32 bits per heavy atom. The van der Waals surface area contributed by atoms with Gasteiger partial charge in [0.1, 0.15) is 0 Å². The number of carbonyl (C=O) groups is 2. The zero-order chi connectivity index (χ0) is 20.2. The Bertz CT molecular complexity index is 837. The van der Waals surface area contributed by atoms with Crippen LogP contribution in [0.5, 0.6) is 0 Å². The van der Waals surface area contributed by atoms with Crippen LogP contribution in [0.3, 0.4) is 0 Å². The number of primary amides is 1. The summed E-state index contributed by atoms with van der Waals surface area (Å²) in [5.41, 5.74) is 8.03. The molecule has 0 aromatic heterocycles. The van der Waals surface area contributed by atoms with E-state index in [1.54, 1.807) is 24.3 Å². The average molecular weight is 374 g/mol. The van der Waals surface area contributed by atoms with E-state index in [9.17, 15) is 9.59 Å². The maximum Gasteiger partial charge on any atom is 0.254 e. The minimum Gasteiger partial charge on any atom is -0.368 e. The quantitative estimate of drug-likeness (QED) is 0.707. The van der Waals surface area contributed by atoms with E-state index >= 15 is 0 Å². The van der Waals surface area contributed by atoms with Crippen molar-refractivity contribution in [1.29, 1.82) is 0 Å². The Kier molecular flexibility index (Phi) is 8.47. The summed E-state index contributed by atoms with van der Waals surface area (Å²) in [4.78, 5) is 25.3. The molecule has 3 aromatic carbocycles. The summed E-state index contributed by atoms with van der Waals surface area (Å²) in [6.45, 7) is 2.35. The maximum atomic E-state index is 12.6. The predicted molar refractivity (Wildman–Crippen MR) is 113 cm³/mol. The highest BCUT2D eigenvalue weighted by atomic mass is 16.2. The molecule has 0 bridgehead atoms. The SMILES string of the molecule is CCc1cccc(CN(CC(N)=O)C(=O)c2ccccc2)c1.c1ccccc1. The van der Waals surface area contributed by atoms with Gasteiger partial charge in [-0.3, -0.25) is 9.59 Å². The molecule has 3 aromatic rings. The molecule has 0 radical (unpaired) electrons. The van der Waals surface area contributed by atoms with Gasteiger partial charge in [0.2, 0.25) is 5.91 Å². The van der Waals surface area contributed by atoms with Crippen LogP contribution in [-0.4, -0.2) is 23.3 Å². The molecule has 0 heterocycles. The number of carbonyl (C=O) groups excluding carboxylic acids is 2. The van der Waals surface area contributed by atoms with Gasteiger partial charge in [0.25, 0.3) is 5.91 Å². The summed E-state index contributed by atoms with van der Waals surface area (Å²) in [6, 6.07) is 28.9. The second kappa shape index (κ2) is 11.3. The summed E-state index contributed by atoms with van der Waals surface area (Å²) in [6.07, 6.45) is 0.927. The first-order valence-corrected chi connectivity index (χ1v) is 9.30. The zero-order valence-electron chi connectivity index (χ0n) is 16.1. The highest BCUT2D eigenvalue weighted by molar-refractivity contribution is 5.96. The molecule has 0 fully saturated rings. The fourth-order valence-electron chi connectivity index (χ4n) is 2.70. The molecule has 0 aliphatic rings. The van der Waals surface area contributed by atoms with Crippen molar-refractivity contribution in [2.75, 3.05) is 6.54 Å². The Hall–Kier alpha value is -3.40. The monoisotopic (exact) mass is 374 g/mol. The molecule has 0 aliphatic carbocycles. The summed E-state index contributed by atoms with van der Waals surface area (Å²) >= 11 is 0. The van der Waals surface area contributed by atoms with E-state index in [1.807, 2.05) is 66.7 Å². The number of nitrogens with zero attached hydrogens (tertiary/aromatic N) is 1. The number of hydrogen-bond acceptors (Lipinski definition) is 2. The first kappa shape index (κ1) is 20.9. The van der Waals surface area contributed by atoms with E-state index in [-0.39, 0.29) is 12.5 Å². The van der Waals surface area contributed by atoms with Gasteiger partial charge in [0, 0.05) is 12.1 Å². The Morgan fingerprint density at radius 1 is 0.786 bits per heavy atom. The van der Waals surface area contributed by atoms with Crippen LogP contribution >= 0.6 is 0 Å². The van der Waals surface area contributed by atoms with Crippen molar-refractivity contribution < 1.29 is 9.59 Å². The van der Waals surface area contributed by atoms with Gasteiger partial charge in [-0.25, -0.2) is 0 Å². The lowest BCUT2D eigenvalue weighted by molar-refractivity contribution is -0.118. The Morgan fingerprint density at radius 3 is 1.86 bits per heavy atom. The fourth-order valence-corrected chi connectivity index (χ4v) is 2.70. The number of hydrogen-bond donors (Lipinski definition) is 1. The van der Waals surface area contributed by atoms with Crippen molar-refractivity contribution in [3.63, 3.8) is 0 Å². The van der Waals surface area contributed by atoms with Crippen molar-refractivity contribution in [2.45, 2.75) is 19.9 Å². The standard InChI is InChI=1S/C18H20N2O2.C6H6/c1-2-14-7-6-8-15(11-14)12-20(13-17(19)21)18(22)16-9-4-3-5-10-16;1-2-4-6-5-3-1/h3-11H,2,12-13H2,1H3,(H2,19,21);1-6H. The van der Waals surface area contributed by atoms with Crippen molar-refractivity contribution in [1.82, 2.24) is 4.90 Å². The van der Waals surface area contributed by atoms with Crippen molar-refractivity contribution in [3.8, 4) is 0 Å². The van der Waals surface area contributed by atoms with Crippen molar-refractivity contribution >= 4 is 11.8 Å². The van der Waals surface area contributed by atoms with Crippen LogP contribution in [0, 0.1) is 0 Å². The van der Waals surface area contributed by atoms with E-state index in [0.717, 1.165) is 12.0 Å². The lowest BCUT2D eigenvalue weighted by atomic mass is 10.1. The molecule has 2 amide bonds. The molecule has 144 valence electrons. The van der Waals surface area contributed by atoms with Gasteiger partial charge in [0.05, 0.1) is 6.54 Å². The van der Waals surface area contributed by atoms with Crippen LogP contribution in [-0.2, 0) is 17.8 Å². The summed E-state index contributed by atoms with van der Waals surface area (Å²) in [5, 5.41) is 0. The summed E-state index contributed by atoms with van der Waals surface area (Å²) in [7, 11) is 0. The number of benzene rings is 3. The van der Waals surface area contributed by atoms with Crippen molar-refractivity contribution in [3.05, 3.63) is 108 Å². The third-order valence-electron chi connectivity index (χ3n) is 4.09. The van der Waals surface area contributed by atoms with E-state index in [4.69, 9.17) is 5.73 Å². The van der Waals surface area contributed by atoms with Gasteiger partial charge >= 0.3 is 0 Å². The summed E-state index contributed by atoms with van der Waals surface area (Å²) in [5.74, 6) is -0.711. The zero-order valence-corrected chi connectivity index (χ0v) is 16.1. The van der Waals surface area contributed by atoms with Gasteiger partial charge in [-0.2, -0.15) is 0 Å². The van der Waals surface area contributed by atoms with Crippen LogP contribution in [0.1, 0.15) is 28.4 Å². The third kappa shape index (κ3) is 7.08. The normalized spacial score (nSPS) is 9.75. The van der Waals surface area contributed by atoms with Gasteiger partial charge < -0.3 is 10.6 Å². The first-order chi connectivity index (χ1) is 13.6. The molecule has 28 heavy (non-hydrogen) atoms. The van der Waals surface area contributed by atoms with Crippen LogP contribution < -0.4 is 5.73 Å². The lowest BCUT2D eigenvalue weighted by Crippen LogP contribution is -2.38. The van der Waals surface area contributed by atoms with Crippen LogP contribution in [0.25, 0.3) is 0 Å². The van der Waals surface area contributed by atoms with Crippen molar-refractivity contribution in [2.24, 2.45) is 5.73 Å². The van der Waals surface area contributed by atoms with Crippen LogP contribution in [0.15, 0.2) is 91.0 Å². The second-order valence-electron chi connectivity index (χ2n) is 6.32. The highest BCUT2D eigenvalue weighted by Crippen LogP contribution is 2.12. The molecule has 0 aliphatic heterocycles. The molecule has 3 rings (SSSR count). The maximum absolute atomic E-state index is 12.6. The molecular weight excluding hydrogens is 348 g/mol. The van der Waals surface area contributed by atoms with Gasteiger partial charge in [0.15, 0.2) is 0 Å². The van der Waals surface area contributed by atoms with E-state index in [0.29, 0.717) is 12.1 Å². The van der Waals surface area contributed by atoms with Crippen LogP contribution in [0.2, 0.25) is 0 Å². The number of amides is 2. The Labute approximate surface area is 166 Å². The molecule has 0 spiro atoms. The molecule has 0 unspecified atom stereocenters. The fraction of sp³-hybridized carbons (Fsp3) is 0.167. The third-order valence-corrected chi connectivity index (χ3v) is 4.09. The molecule has 0 atom stereocenters. The molecule has 4 nitrogen and oxygen atoms in total. The van der Waals surface area contributed by atoms with Crippen LogP contribution in [0.4, 0.5) is 0 Å².